The largest absolute Gasteiger partial charge is 0.494 e. The summed E-state index contributed by atoms with van der Waals surface area (Å²) >= 11 is 0. The summed E-state index contributed by atoms with van der Waals surface area (Å²) in [5.41, 5.74) is 6.32. The first kappa shape index (κ1) is 17.8. The summed E-state index contributed by atoms with van der Waals surface area (Å²) < 4.78 is 11.3. The van der Waals surface area contributed by atoms with Crippen molar-refractivity contribution >= 4 is 11.6 Å². The zero-order chi connectivity index (χ0) is 17.4. The fraction of sp³-hybridized carbons (Fsp3) is 0.316. The predicted molar refractivity (Wildman–Crippen MR) is 95.6 cm³/mol. The summed E-state index contributed by atoms with van der Waals surface area (Å²) in [6.45, 7) is 4.45. The van der Waals surface area contributed by atoms with Crippen molar-refractivity contribution in [2.45, 2.75) is 32.7 Å². The van der Waals surface area contributed by atoms with Crippen molar-refractivity contribution in [3.63, 3.8) is 0 Å². The Morgan fingerprint density at radius 3 is 2.46 bits per heavy atom. The highest BCUT2D eigenvalue weighted by molar-refractivity contribution is 5.92. The topological polar surface area (TPSA) is 73.6 Å². The van der Waals surface area contributed by atoms with Gasteiger partial charge in [0.05, 0.1) is 12.3 Å². The Morgan fingerprint density at radius 1 is 1.12 bits per heavy atom. The van der Waals surface area contributed by atoms with Crippen molar-refractivity contribution < 1.29 is 14.3 Å². The molecule has 0 aliphatic rings. The van der Waals surface area contributed by atoms with Crippen molar-refractivity contribution in [2.24, 2.45) is 5.73 Å². The Labute approximate surface area is 142 Å². The van der Waals surface area contributed by atoms with Gasteiger partial charge in [-0.05, 0) is 56.7 Å². The first-order valence-electron chi connectivity index (χ1n) is 8.13. The van der Waals surface area contributed by atoms with Crippen LogP contribution in [0.25, 0.3) is 0 Å². The van der Waals surface area contributed by atoms with Crippen LogP contribution in [0, 0.1) is 0 Å². The lowest BCUT2D eigenvalue weighted by Crippen LogP contribution is -2.19. The molecule has 1 amide bonds. The number of hydrogen-bond donors (Lipinski definition) is 2. The Hall–Kier alpha value is -2.53. The molecule has 1 atom stereocenters. The molecule has 0 aromatic heterocycles. The van der Waals surface area contributed by atoms with Crippen LogP contribution in [0.15, 0.2) is 48.5 Å². The molecule has 5 heteroatoms. The summed E-state index contributed by atoms with van der Waals surface area (Å²) in [6, 6.07) is 14.7. The highest BCUT2D eigenvalue weighted by atomic mass is 16.5. The molecule has 0 radical (unpaired) electrons. The number of rotatable bonds is 8. The van der Waals surface area contributed by atoms with Gasteiger partial charge in [0.15, 0.2) is 5.75 Å². The summed E-state index contributed by atoms with van der Waals surface area (Å²) in [4.78, 5) is 12.0. The van der Waals surface area contributed by atoms with Crippen LogP contribution < -0.4 is 20.5 Å². The van der Waals surface area contributed by atoms with Crippen LogP contribution in [0.1, 0.15) is 26.7 Å². The van der Waals surface area contributed by atoms with Crippen LogP contribution in [-0.2, 0) is 4.79 Å². The van der Waals surface area contributed by atoms with Crippen molar-refractivity contribution in [3.05, 3.63) is 48.5 Å². The van der Waals surface area contributed by atoms with Crippen LogP contribution in [-0.4, -0.2) is 18.6 Å². The fourth-order valence-electron chi connectivity index (χ4n) is 2.13. The Morgan fingerprint density at radius 2 is 1.79 bits per heavy atom. The van der Waals surface area contributed by atoms with Crippen LogP contribution in [0.5, 0.6) is 17.2 Å². The summed E-state index contributed by atoms with van der Waals surface area (Å²) in [6.07, 6.45) is 1.03. The number of anilines is 1. The maximum Gasteiger partial charge on any atom is 0.224 e. The molecule has 0 spiro atoms. The smallest absolute Gasteiger partial charge is 0.224 e. The molecule has 0 saturated heterocycles. The molecule has 2 aromatic rings. The van der Waals surface area contributed by atoms with Crippen LogP contribution in [0.2, 0.25) is 0 Å². The molecule has 24 heavy (non-hydrogen) atoms. The maximum absolute atomic E-state index is 12.0. The number of ether oxygens (including phenoxy) is 2. The van der Waals surface area contributed by atoms with Gasteiger partial charge in [0, 0.05) is 12.5 Å². The lowest BCUT2D eigenvalue weighted by Gasteiger charge is -2.13. The van der Waals surface area contributed by atoms with E-state index in [1.807, 2.05) is 62.4 Å². The quantitative estimate of drug-likeness (QED) is 0.769. The van der Waals surface area contributed by atoms with Gasteiger partial charge in [0.1, 0.15) is 11.5 Å². The molecule has 0 saturated carbocycles. The number of nitrogens with two attached hydrogens (primary N) is 1. The monoisotopic (exact) mass is 328 g/mol. The normalized spacial score (nSPS) is 11.6. The minimum absolute atomic E-state index is 0.00565. The lowest BCUT2D eigenvalue weighted by atomic mass is 10.2. The number of nitrogens with one attached hydrogen (secondary N) is 1. The number of amides is 1. The van der Waals surface area contributed by atoms with Gasteiger partial charge < -0.3 is 20.5 Å². The van der Waals surface area contributed by atoms with E-state index in [2.05, 4.69) is 5.32 Å². The second-order valence-corrected chi connectivity index (χ2v) is 5.57. The molecule has 0 aliphatic heterocycles. The Bertz CT molecular complexity index is 654. The van der Waals surface area contributed by atoms with Crippen LogP contribution >= 0.6 is 0 Å². The predicted octanol–water partition coefficient (Wildman–Crippen LogP) is 3.94. The minimum Gasteiger partial charge on any atom is -0.494 e. The highest BCUT2D eigenvalue weighted by Gasteiger charge is 2.09. The summed E-state index contributed by atoms with van der Waals surface area (Å²) in [7, 11) is 0. The van der Waals surface area contributed by atoms with E-state index in [1.165, 1.54) is 0 Å². The van der Waals surface area contributed by atoms with E-state index in [-0.39, 0.29) is 11.9 Å². The van der Waals surface area contributed by atoms with Crippen molar-refractivity contribution in [1.82, 2.24) is 0 Å². The average Bonchev–Trinajstić information content (AvgIpc) is 2.57. The van der Waals surface area contributed by atoms with Gasteiger partial charge in [-0.3, -0.25) is 4.79 Å². The first-order valence-corrected chi connectivity index (χ1v) is 8.13. The van der Waals surface area contributed by atoms with Crippen LogP contribution in [0.4, 0.5) is 5.69 Å². The lowest BCUT2D eigenvalue weighted by molar-refractivity contribution is -0.116. The molecular weight excluding hydrogens is 304 g/mol. The number of para-hydroxylation sites is 2. The molecule has 0 aliphatic carbocycles. The molecule has 3 N–H and O–H groups in total. The molecular formula is C19H24N2O3. The SMILES string of the molecule is CCOc1ccc(Oc2ccccc2NC(=O)CCC(C)N)cc1. The van der Waals surface area contributed by atoms with E-state index in [9.17, 15) is 4.79 Å². The van der Waals surface area contributed by atoms with Crippen LogP contribution in [0.3, 0.4) is 0 Å². The molecule has 0 heterocycles. The van der Waals surface area contributed by atoms with E-state index in [0.29, 0.717) is 36.6 Å². The Kier molecular flexibility index (Phi) is 6.63. The summed E-state index contributed by atoms with van der Waals surface area (Å²) in [5.74, 6) is 1.99. The zero-order valence-corrected chi connectivity index (χ0v) is 14.1. The second kappa shape index (κ2) is 8.93. The summed E-state index contributed by atoms with van der Waals surface area (Å²) in [5, 5.41) is 2.87. The Balaban J connectivity index is 2.04. The van der Waals surface area contributed by atoms with Gasteiger partial charge >= 0.3 is 0 Å². The third-order valence-electron chi connectivity index (χ3n) is 3.35. The van der Waals surface area contributed by atoms with E-state index >= 15 is 0 Å². The van der Waals surface area contributed by atoms with Crippen molar-refractivity contribution in [2.75, 3.05) is 11.9 Å². The number of carbonyl (C=O) groups is 1. The van der Waals surface area contributed by atoms with E-state index in [0.717, 1.165) is 5.75 Å². The third-order valence-corrected chi connectivity index (χ3v) is 3.35. The molecule has 0 bridgehead atoms. The van der Waals surface area contributed by atoms with Gasteiger partial charge in [0.25, 0.3) is 0 Å². The highest BCUT2D eigenvalue weighted by Crippen LogP contribution is 2.30. The maximum atomic E-state index is 12.0. The number of carbonyl (C=O) groups excluding carboxylic acids is 1. The van der Waals surface area contributed by atoms with E-state index in [1.54, 1.807) is 0 Å². The van der Waals surface area contributed by atoms with Crippen molar-refractivity contribution in [3.8, 4) is 17.2 Å². The minimum atomic E-state index is -0.0740. The fourth-order valence-corrected chi connectivity index (χ4v) is 2.13. The van der Waals surface area contributed by atoms with E-state index < -0.39 is 0 Å². The number of benzene rings is 2. The zero-order valence-electron chi connectivity index (χ0n) is 14.1. The molecule has 1 unspecified atom stereocenters. The molecule has 2 aromatic carbocycles. The average molecular weight is 328 g/mol. The first-order chi connectivity index (χ1) is 11.6. The van der Waals surface area contributed by atoms with Gasteiger partial charge in [-0.15, -0.1) is 0 Å². The van der Waals surface area contributed by atoms with Gasteiger partial charge in [-0.2, -0.15) is 0 Å². The van der Waals surface area contributed by atoms with Gasteiger partial charge in [-0.25, -0.2) is 0 Å². The molecule has 0 fully saturated rings. The van der Waals surface area contributed by atoms with Crippen molar-refractivity contribution in [1.29, 1.82) is 0 Å². The van der Waals surface area contributed by atoms with Gasteiger partial charge in [-0.1, -0.05) is 12.1 Å². The third kappa shape index (κ3) is 5.59. The standard InChI is InChI=1S/C19H24N2O3/c1-3-23-15-9-11-16(12-10-15)24-18-7-5-4-6-17(18)21-19(22)13-8-14(2)20/h4-7,9-12,14H,3,8,13,20H2,1-2H3,(H,21,22). The van der Waals surface area contributed by atoms with E-state index in [4.69, 9.17) is 15.2 Å². The molecule has 128 valence electrons. The molecule has 5 nitrogen and oxygen atoms in total. The molecule has 2 rings (SSSR count). The second-order valence-electron chi connectivity index (χ2n) is 5.57. The number of hydrogen-bond acceptors (Lipinski definition) is 4. The van der Waals surface area contributed by atoms with Gasteiger partial charge in [0.2, 0.25) is 5.91 Å².